The molecule has 0 heterocycles. The van der Waals surface area contributed by atoms with Gasteiger partial charge < -0.3 is 16.3 Å². The van der Waals surface area contributed by atoms with Gasteiger partial charge in [0.05, 0.1) is 5.92 Å². The summed E-state index contributed by atoms with van der Waals surface area (Å²) in [4.78, 5) is 11.5. The standard InChI is InChI=1S/C10H18F3N3O2/c1-2-7(8(14)16-18)9(17)15-6-4-3-5-10(11,12)13/h7,18H,2-6H2,1H3,(H2,14,16)(H,15,17). The molecule has 0 aliphatic carbocycles. The number of amidine groups is 1. The van der Waals surface area contributed by atoms with Gasteiger partial charge in [0.25, 0.3) is 0 Å². The van der Waals surface area contributed by atoms with E-state index in [0.717, 1.165) is 0 Å². The number of nitrogens with one attached hydrogen (secondary N) is 1. The molecule has 0 bridgehead atoms. The van der Waals surface area contributed by atoms with Gasteiger partial charge in [0.1, 0.15) is 0 Å². The summed E-state index contributed by atoms with van der Waals surface area (Å²) in [6.45, 7) is 1.83. The maximum absolute atomic E-state index is 11.8. The van der Waals surface area contributed by atoms with Crippen molar-refractivity contribution in [3.8, 4) is 0 Å². The number of rotatable bonds is 7. The summed E-state index contributed by atoms with van der Waals surface area (Å²) >= 11 is 0. The molecule has 106 valence electrons. The number of halogens is 3. The number of oxime groups is 1. The number of amides is 1. The Morgan fingerprint density at radius 3 is 2.50 bits per heavy atom. The SMILES string of the molecule is CCC(C(=O)NCCCCC(F)(F)F)C(N)=NO. The Labute approximate surface area is 103 Å². The highest BCUT2D eigenvalue weighted by molar-refractivity contribution is 6.01. The zero-order valence-corrected chi connectivity index (χ0v) is 10.1. The number of carbonyl (C=O) groups is 1. The first-order chi connectivity index (χ1) is 8.31. The van der Waals surface area contributed by atoms with Gasteiger partial charge in [0, 0.05) is 13.0 Å². The highest BCUT2D eigenvalue weighted by Gasteiger charge is 2.26. The van der Waals surface area contributed by atoms with E-state index in [-0.39, 0.29) is 25.2 Å². The summed E-state index contributed by atoms with van der Waals surface area (Å²) < 4.78 is 35.5. The van der Waals surface area contributed by atoms with Gasteiger partial charge in [-0.1, -0.05) is 12.1 Å². The third-order valence-corrected chi connectivity index (χ3v) is 2.38. The van der Waals surface area contributed by atoms with Gasteiger partial charge in [0.2, 0.25) is 5.91 Å². The molecule has 1 atom stereocenters. The van der Waals surface area contributed by atoms with Gasteiger partial charge in [-0.15, -0.1) is 0 Å². The van der Waals surface area contributed by atoms with Crippen LogP contribution in [0.3, 0.4) is 0 Å². The second-order valence-electron chi connectivity index (χ2n) is 3.85. The lowest BCUT2D eigenvalue weighted by Gasteiger charge is -2.13. The van der Waals surface area contributed by atoms with Crippen LogP contribution < -0.4 is 11.1 Å². The lowest BCUT2D eigenvalue weighted by atomic mass is 10.0. The van der Waals surface area contributed by atoms with Crippen LogP contribution in [-0.2, 0) is 4.79 Å². The molecule has 0 saturated carbocycles. The summed E-state index contributed by atoms with van der Waals surface area (Å²) in [6.07, 6.45) is -4.48. The monoisotopic (exact) mass is 269 g/mol. The van der Waals surface area contributed by atoms with Crippen LogP contribution in [-0.4, -0.2) is 29.7 Å². The smallest absolute Gasteiger partial charge is 0.389 e. The Kier molecular flexibility index (Phi) is 7.14. The second kappa shape index (κ2) is 7.78. The minimum Gasteiger partial charge on any atom is -0.409 e. The molecule has 0 saturated heterocycles. The number of unbranched alkanes of at least 4 members (excludes halogenated alkanes) is 1. The molecule has 0 aromatic heterocycles. The Hall–Kier alpha value is -1.47. The number of carbonyl (C=O) groups excluding carboxylic acids is 1. The van der Waals surface area contributed by atoms with E-state index in [2.05, 4.69) is 10.5 Å². The van der Waals surface area contributed by atoms with Gasteiger partial charge in [-0.2, -0.15) is 13.2 Å². The van der Waals surface area contributed by atoms with Crippen molar-refractivity contribution in [2.24, 2.45) is 16.8 Å². The fourth-order valence-electron chi connectivity index (χ4n) is 1.38. The van der Waals surface area contributed by atoms with Crippen LogP contribution >= 0.6 is 0 Å². The summed E-state index contributed by atoms with van der Waals surface area (Å²) in [5.74, 6) is -1.40. The third kappa shape index (κ3) is 6.97. The van der Waals surface area contributed by atoms with Crippen molar-refractivity contribution in [1.82, 2.24) is 5.32 Å². The highest BCUT2D eigenvalue weighted by atomic mass is 19.4. The van der Waals surface area contributed by atoms with Crippen molar-refractivity contribution in [2.45, 2.75) is 38.8 Å². The number of nitrogens with two attached hydrogens (primary N) is 1. The molecule has 1 unspecified atom stereocenters. The topological polar surface area (TPSA) is 87.7 Å². The molecule has 0 spiro atoms. The van der Waals surface area contributed by atoms with Crippen molar-refractivity contribution < 1.29 is 23.2 Å². The lowest BCUT2D eigenvalue weighted by molar-refractivity contribution is -0.135. The van der Waals surface area contributed by atoms with Gasteiger partial charge in [-0.05, 0) is 19.3 Å². The minimum absolute atomic E-state index is 0.0376. The van der Waals surface area contributed by atoms with Gasteiger partial charge in [-0.25, -0.2) is 0 Å². The molecule has 0 rings (SSSR count). The Morgan fingerprint density at radius 1 is 1.44 bits per heavy atom. The predicted molar refractivity (Wildman–Crippen MR) is 60.1 cm³/mol. The molecule has 4 N–H and O–H groups in total. The van der Waals surface area contributed by atoms with Crippen molar-refractivity contribution in [2.75, 3.05) is 6.54 Å². The van der Waals surface area contributed by atoms with E-state index in [1.165, 1.54) is 0 Å². The van der Waals surface area contributed by atoms with Crippen molar-refractivity contribution in [3.05, 3.63) is 0 Å². The van der Waals surface area contributed by atoms with Gasteiger partial charge >= 0.3 is 6.18 Å². The molecule has 5 nitrogen and oxygen atoms in total. The van der Waals surface area contributed by atoms with Crippen LogP contribution in [0.4, 0.5) is 13.2 Å². The van der Waals surface area contributed by atoms with E-state index in [4.69, 9.17) is 10.9 Å². The molecule has 18 heavy (non-hydrogen) atoms. The molecule has 1 amide bonds. The van der Waals surface area contributed by atoms with Crippen LogP contribution in [0.25, 0.3) is 0 Å². The van der Waals surface area contributed by atoms with Gasteiger partial charge in [-0.3, -0.25) is 4.79 Å². The van der Waals surface area contributed by atoms with Gasteiger partial charge in [0.15, 0.2) is 5.84 Å². The Bertz CT molecular complexity index is 293. The fraction of sp³-hybridized carbons (Fsp3) is 0.800. The van der Waals surface area contributed by atoms with E-state index >= 15 is 0 Å². The molecular weight excluding hydrogens is 251 g/mol. The first kappa shape index (κ1) is 16.5. The van der Waals surface area contributed by atoms with Crippen molar-refractivity contribution in [3.63, 3.8) is 0 Å². The minimum atomic E-state index is -4.16. The van der Waals surface area contributed by atoms with Crippen LogP contribution in [0.2, 0.25) is 0 Å². The van der Waals surface area contributed by atoms with Crippen LogP contribution in [0.5, 0.6) is 0 Å². The molecule has 0 fully saturated rings. The fourth-order valence-corrected chi connectivity index (χ4v) is 1.38. The first-order valence-electron chi connectivity index (χ1n) is 5.63. The molecule has 0 aliphatic rings. The Morgan fingerprint density at radius 2 is 2.06 bits per heavy atom. The summed E-state index contributed by atoms with van der Waals surface area (Å²) in [5, 5.41) is 13.6. The maximum atomic E-state index is 11.8. The summed E-state index contributed by atoms with van der Waals surface area (Å²) in [6, 6.07) is 0. The first-order valence-corrected chi connectivity index (χ1v) is 5.63. The molecule has 8 heteroatoms. The van der Waals surface area contributed by atoms with Crippen LogP contribution in [0.15, 0.2) is 5.16 Å². The average molecular weight is 269 g/mol. The quantitative estimate of drug-likeness (QED) is 0.216. The molecule has 0 aromatic carbocycles. The lowest BCUT2D eigenvalue weighted by Crippen LogP contribution is -2.39. The molecule has 0 aromatic rings. The summed E-state index contributed by atoms with van der Waals surface area (Å²) in [5.41, 5.74) is 5.31. The largest absolute Gasteiger partial charge is 0.409 e. The van der Waals surface area contributed by atoms with Crippen molar-refractivity contribution >= 4 is 11.7 Å². The van der Waals surface area contributed by atoms with E-state index in [1.807, 2.05) is 0 Å². The van der Waals surface area contributed by atoms with Crippen molar-refractivity contribution in [1.29, 1.82) is 0 Å². The molecule has 0 radical (unpaired) electrons. The molecule has 0 aliphatic heterocycles. The van der Waals surface area contributed by atoms with Crippen LogP contribution in [0, 0.1) is 5.92 Å². The van der Waals surface area contributed by atoms with E-state index in [0.29, 0.717) is 6.42 Å². The zero-order chi connectivity index (χ0) is 14.2. The predicted octanol–water partition coefficient (Wildman–Crippen LogP) is 1.61. The maximum Gasteiger partial charge on any atom is 0.389 e. The van der Waals surface area contributed by atoms with Crippen LogP contribution in [0.1, 0.15) is 32.6 Å². The summed E-state index contributed by atoms with van der Waals surface area (Å²) in [7, 11) is 0. The zero-order valence-electron chi connectivity index (χ0n) is 10.1. The number of nitrogens with zero attached hydrogens (tertiary/aromatic N) is 1. The molecular formula is C10H18F3N3O2. The van der Waals surface area contributed by atoms with E-state index in [1.54, 1.807) is 6.92 Å². The normalized spacial score (nSPS) is 14.3. The van der Waals surface area contributed by atoms with E-state index < -0.39 is 24.4 Å². The third-order valence-electron chi connectivity index (χ3n) is 2.38. The Balaban J connectivity index is 3.89. The second-order valence-corrected chi connectivity index (χ2v) is 3.85. The highest BCUT2D eigenvalue weighted by Crippen LogP contribution is 2.21. The number of alkyl halides is 3. The average Bonchev–Trinajstić information content (AvgIpc) is 2.27. The number of hydrogen-bond donors (Lipinski definition) is 3. The number of hydrogen-bond acceptors (Lipinski definition) is 3. The van der Waals surface area contributed by atoms with E-state index in [9.17, 15) is 18.0 Å².